The number of piperidine rings is 1. The SMILES string of the molecule is O[C@@H](COCc1ccco1)CN1CCCC[C@@H]1Cn1cncn1. The standard InChI is InChI=1S/C16H24N4O3/c21-15(10-22-11-16-5-3-7-23-16)9-19-6-2-1-4-14(19)8-20-13-17-12-18-20/h3,5,7,12-15,21H,1-2,4,6,8-11H2/t14-,15-/m1/s1. The van der Waals surface area contributed by atoms with E-state index in [4.69, 9.17) is 9.15 Å². The molecule has 7 heteroatoms. The summed E-state index contributed by atoms with van der Waals surface area (Å²) in [7, 11) is 0. The summed E-state index contributed by atoms with van der Waals surface area (Å²) in [6.07, 6.45) is 7.95. The molecule has 0 bridgehead atoms. The Hall–Kier alpha value is -1.70. The molecule has 126 valence electrons. The summed E-state index contributed by atoms with van der Waals surface area (Å²) in [6.45, 7) is 3.16. The van der Waals surface area contributed by atoms with E-state index in [-0.39, 0.29) is 0 Å². The van der Waals surface area contributed by atoms with Gasteiger partial charge in [-0.3, -0.25) is 9.58 Å². The first-order chi connectivity index (χ1) is 11.3. The van der Waals surface area contributed by atoms with Crippen LogP contribution in [0.3, 0.4) is 0 Å². The summed E-state index contributed by atoms with van der Waals surface area (Å²) in [4.78, 5) is 6.33. The number of hydrogen-bond donors (Lipinski definition) is 1. The molecule has 0 amide bonds. The molecule has 1 aliphatic rings. The molecule has 0 unspecified atom stereocenters. The lowest BCUT2D eigenvalue weighted by Crippen LogP contribution is -2.46. The Kier molecular flexibility index (Phi) is 5.79. The van der Waals surface area contributed by atoms with E-state index in [1.54, 1.807) is 18.9 Å². The Morgan fingerprint density at radius 2 is 2.39 bits per heavy atom. The predicted molar refractivity (Wildman–Crippen MR) is 83.6 cm³/mol. The minimum atomic E-state index is -0.499. The first-order valence-electron chi connectivity index (χ1n) is 8.16. The van der Waals surface area contributed by atoms with Gasteiger partial charge in [0.15, 0.2) is 0 Å². The van der Waals surface area contributed by atoms with Gasteiger partial charge in [0.1, 0.15) is 25.0 Å². The quantitative estimate of drug-likeness (QED) is 0.790. The first-order valence-corrected chi connectivity index (χ1v) is 8.16. The Morgan fingerprint density at radius 1 is 1.43 bits per heavy atom. The van der Waals surface area contributed by atoms with E-state index in [1.165, 1.54) is 12.8 Å². The molecule has 0 aromatic carbocycles. The van der Waals surface area contributed by atoms with Crippen molar-refractivity contribution < 1.29 is 14.3 Å². The summed E-state index contributed by atoms with van der Waals surface area (Å²) in [5.74, 6) is 0.777. The van der Waals surface area contributed by atoms with Gasteiger partial charge >= 0.3 is 0 Å². The van der Waals surface area contributed by atoms with Crippen LogP contribution in [0.1, 0.15) is 25.0 Å². The molecule has 2 atom stereocenters. The Labute approximate surface area is 135 Å². The maximum absolute atomic E-state index is 10.2. The summed E-state index contributed by atoms with van der Waals surface area (Å²) < 4.78 is 12.6. The maximum atomic E-state index is 10.2. The van der Waals surface area contributed by atoms with Gasteiger partial charge in [-0.1, -0.05) is 6.42 Å². The lowest BCUT2D eigenvalue weighted by atomic mass is 10.0. The lowest BCUT2D eigenvalue weighted by molar-refractivity contribution is -0.00929. The van der Waals surface area contributed by atoms with E-state index < -0.39 is 6.10 Å². The third-order valence-electron chi connectivity index (χ3n) is 4.19. The van der Waals surface area contributed by atoms with Crippen LogP contribution in [0.2, 0.25) is 0 Å². The van der Waals surface area contributed by atoms with Gasteiger partial charge in [0, 0.05) is 12.6 Å². The number of ether oxygens (including phenoxy) is 1. The van der Waals surface area contributed by atoms with Gasteiger partial charge in [-0.2, -0.15) is 5.10 Å². The molecule has 0 radical (unpaired) electrons. The van der Waals surface area contributed by atoms with Crippen molar-refractivity contribution >= 4 is 0 Å². The van der Waals surface area contributed by atoms with Crippen LogP contribution in [0.5, 0.6) is 0 Å². The molecule has 3 heterocycles. The fourth-order valence-electron chi connectivity index (χ4n) is 3.06. The van der Waals surface area contributed by atoms with Crippen molar-refractivity contribution in [1.82, 2.24) is 19.7 Å². The second-order valence-corrected chi connectivity index (χ2v) is 6.01. The molecule has 3 rings (SSSR count). The van der Waals surface area contributed by atoms with Crippen LogP contribution < -0.4 is 0 Å². The Bertz CT molecular complexity index is 544. The number of aromatic nitrogens is 3. The summed E-state index contributed by atoms with van der Waals surface area (Å²) in [5, 5.41) is 14.4. The van der Waals surface area contributed by atoms with Gasteiger partial charge in [0.2, 0.25) is 0 Å². The number of likely N-dealkylation sites (tertiary alicyclic amines) is 1. The molecule has 0 saturated carbocycles. The van der Waals surface area contributed by atoms with Gasteiger partial charge in [0.05, 0.1) is 25.5 Å². The molecule has 0 spiro atoms. The Morgan fingerprint density at radius 3 is 3.17 bits per heavy atom. The fraction of sp³-hybridized carbons (Fsp3) is 0.625. The van der Waals surface area contributed by atoms with Crippen LogP contribution in [0.4, 0.5) is 0 Å². The smallest absolute Gasteiger partial charge is 0.137 e. The second-order valence-electron chi connectivity index (χ2n) is 6.01. The molecule has 1 N–H and O–H groups in total. The van der Waals surface area contributed by atoms with Crippen molar-refractivity contribution in [2.45, 2.75) is 44.6 Å². The predicted octanol–water partition coefficient (Wildman–Crippen LogP) is 1.30. The minimum Gasteiger partial charge on any atom is -0.467 e. The molecular formula is C16H24N4O3. The number of nitrogens with zero attached hydrogens (tertiary/aromatic N) is 4. The van der Waals surface area contributed by atoms with Crippen LogP contribution in [0, 0.1) is 0 Å². The van der Waals surface area contributed by atoms with Gasteiger partial charge in [-0.05, 0) is 31.5 Å². The lowest BCUT2D eigenvalue weighted by Gasteiger charge is -2.36. The molecule has 7 nitrogen and oxygen atoms in total. The number of rotatable bonds is 8. The highest BCUT2D eigenvalue weighted by Crippen LogP contribution is 2.18. The van der Waals surface area contributed by atoms with Crippen molar-refractivity contribution in [3.63, 3.8) is 0 Å². The molecule has 2 aromatic heterocycles. The molecule has 1 aliphatic heterocycles. The normalized spacial score (nSPS) is 20.7. The molecular weight excluding hydrogens is 296 g/mol. The van der Waals surface area contributed by atoms with E-state index in [0.29, 0.717) is 25.8 Å². The molecule has 1 fully saturated rings. The molecule has 1 saturated heterocycles. The highest BCUT2D eigenvalue weighted by molar-refractivity contribution is 4.96. The number of furan rings is 1. The van der Waals surface area contributed by atoms with E-state index in [9.17, 15) is 5.11 Å². The monoisotopic (exact) mass is 320 g/mol. The van der Waals surface area contributed by atoms with E-state index >= 15 is 0 Å². The van der Waals surface area contributed by atoms with E-state index in [0.717, 1.165) is 25.3 Å². The number of aliphatic hydroxyl groups excluding tert-OH is 1. The van der Waals surface area contributed by atoms with Crippen molar-refractivity contribution in [2.24, 2.45) is 0 Å². The zero-order valence-corrected chi connectivity index (χ0v) is 13.3. The molecule has 0 aliphatic carbocycles. The maximum Gasteiger partial charge on any atom is 0.137 e. The summed E-state index contributed by atoms with van der Waals surface area (Å²) in [5.41, 5.74) is 0. The fourth-order valence-corrected chi connectivity index (χ4v) is 3.06. The third-order valence-corrected chi connectivity index (χ3v) is 4.19. The average molecular weight is 320 g/mol. The van der Waals surface area contributed by atoms with Crippen molar-refractivity contribution in [1.29, 1.82) is 0 Å². The second kappa shape index (κ2) is 8.24. The number of hydrogen-bond acceptors (Lipinski definition) is 6. The van der Waals surface area contributed by atoms with Crippen LogP contribution in [-0.2, 0) is 17.9 Å². The van der Waals surface area contributed by atoms with Gasteiger partial charge in [-0.15, -0.1) is 0 Å². The van der Waals surface area contributed by atoms with Gasteiger partial charge < -0.3 is 14.3 Å². The van der Waals surface area contributed by atoms with Crippen LogP contribution in [0.25, 0.3) is 0 Å². The van der Waals surface area contributed by atoms with Crippen LogP contribution in [-0.4, -0.2) is 56.6 Å². The number of β-amino-alcohol motifs (C(OH)–C–C–N with tert-alkyl or cyclic N) is 1. The summed E-state index contributed by atoms with van der Waals surface area (Å²) in [6, 6.07) is 4.09. The minimum absolute atomic E-state index is 0.313. The van der Waals surface area contributed by atoms with Crippen molar-refractivity contribution in [3.8, 4) is 0 Å². The van der Waals surface area contributed by atoms with Crippen LogP contribution >= 0.6 is 0 Å². The average Bonchev–Trinajstić information content (AvgIpc) is 3.23. The van der Waals surface area contributed by atoms with E-state index in [1.807, 2.05) is 16.8 Å². The topological polar surface area (TPSA) is 76.6 Å². The first kappa shape index (κ1) is 16.2. The van der Waals surface area contributed by atoms with Crippen LogP contribution in [0.15, 0.2) is 35.5 Å². The Balaban J connectivity index is 1.44. The van der Waals surface area contributed by atoms with E-state index in [2.05, 4.69) is 15.0 Å². The summed E-state index contributed by atoms with van der Waals surface area (Å²) >= 11 is 0. The van der Waals surface area contributed by atoms with Crippen molar-refractivity contribution in [2.75, 3.05) is 19.7 Å². The van der Waals surface area contributed by atoms with Gasteiger partial charge in [-0.25, -0.2) is 4.98 Å². The molecule has 23 heavy (non-hydrogen) atoms. The zero-order chi connectivity index (χ0) is 15.9. The highest BCUT2D eigenvalue weighted by Gasteiger charge is 2.25. The van der Waals surface area contributed by atoms with Crippen molar-refractivity contribution in [3.05, 3.63) is 36.8 Å². The third kappa shape index (κ3) is 4.89. The largest absolute Gasteiger partial charge is 0.467 e. The highest BCUT2D eigenvalue weighted by atomic mass is 16.5. The number of aliphatic hydroxyl groups is 1. The zero-order valence-electron chi connectivity index (χ0n) is 13.3. The molecule has 2 aromatic rings. The van der Waals surface area contributed by atoms with Gasteiger partial charge in [0.25, 0.3) is 0 Å².